The quantitative estimate of drug-likeness (QED) is 0.618. The van der Waals surface area contributed by atoms with E-state index in [1.807, 2.05) is 0 Å². The molecule has 1 rings (SSSR count). The predicted molar refractivity (Wildman–Crippen MR) is 88.2 cm³/mol. The molecule has 0 radical (unpaired) electrons. The Hall–Kier alpha value is -1.51. The van der Waals surface area contributed by atoms with Crippen molar-refractivity contribution in [3.8, 4) is 0 Å². The highest BCUT2D eigenvalue weighted by Gasteiger charge is 2.18. The molecule has 112 valence electrons. The van der Waals surface area contributed by atoms with Crippen LogP contribution < -0.4 is 10.6 Å². The fraction of sp³-hybridized carbons (Fsp3) is 0.588. The standard InChI is InChI=1S/C17H29N3/c1-6-18-16(20-14(2)3)19-13-17(4,5)12-15-10-8-7-9-11-15/h7-11,14H,6,12-13H2,1-5H3,(H2,18,19,20). The van der Waals surface area contributed by atoms with Gasteiger partial charge in [-0.3, -0.25) is 4.99 Å². The van der Waals surface area contributed by atoms with E-state index in [0.717, 1.165) is 25.5 Å². The summed E-state index contributed by atoms with van der Waals surface area (Å²) in [6, 6.07) is 11.0. The molecule has 0 saturated carbocycles. The maximum absolute atomic E-state index is 4.72. The molecule has 0 saturated heterocycles. The lowest BCUT2D eigenvalue weighted by Crippen LogP contribution is -2.41. The summed E-state index contributed by atoms with van der Waals surface area (Å²) in [4.78, 5) is 4.72. The minimum atomic E-state index is 0.153. The second-order valence-electron chi connectivity index (χ2n) is 6.32. The van der Waals surface area contributed by atoms with E-state index in [-0.39, 0.29) is 5.41 Å². The molecule has 0 unspecified atom stereocenters. The number of rotatable bonds is 6. The van der Waals surface area contributed by atoms with E-state index in [4.69, 9.17) is 4.99 Å². The molecule has 3 heteroatoms. The molecule has 0 atom stereocenters. The fourth-order valence-electron chi connectivity index (χ4n) is 2.09. The summed E-state index contributed by atoms with van der Waals surface area (Å²) in [5, 5.41) is 6.65. The summed E-state index contributed by atoms with van der Waals surface area (Å²) in [5.74, 6) is 0.906. The van der Waals surface area contributed by atoms with Crippen LogP contribution in [-0.4, -0.2) is 25.1 Å². The van der Waals surface area contributed by atoms with Crippen LogP contribution in [0.3, 0.4) is 0 Å². The van der Waals surface area contributed by atoms with Gasteiger partial charge in [-0.25, -0.2) is 0 Å². The Bertz CT molecular complexity index is 408. The zero-order valence-corrected chi connectivity index (χ0v) is 13.5. The van der Waals surface area contributed by atoms with Gasteiger partial charge in [0.2, 0.25) is 0 Å². The van der Waals surface area contributed by atoms with Crippen LogP contribution in [-0.2, 0) is 6.42 Å². The smallest absolute Gasteiger partial charge is 0.191 e. The Morgan fingerprint density at radius 1 is 1.20 bits per heavy atom. The van der Waals surface area contributed by atoms with Crippen molar-refractivity contribution in [2.45, 2.75) is 47.1 Å². The van der Waals surface area contributed by atoms with Crippen LogP contribution >= 0.6 is 0 Å². The predicted octanol–water partition coefficient (Wildman–Crippen LogP) is 3.22. The normalized spacial score (nSPS) is 12.6. The molecule has 0 heterocycles. The first-order valence-corrected chi connectivity index (χ1v) is 7.52. The van der Waals surface area contributed by atoms with Crippen molar-refractivity contribution in [3.63, 3.8) is 0 Å². The van der Waals surface area contributed by atoms with Crippen molar-refractivity contribution in [1.82, 2.24) is 10.6 Å². The minimum Gasteiger partial charge on any atom is -0.357 e. The van der Waals surface area contributed by atoms with E-state index < -0.39 is 0 Å². The molecule has 1 aromatic rings. The molecule has 0 amide bonds. The maximum Gasteiger partial charge on any atom is 0.191 e. The first-order valence-electron chi connectivity index (χ1n) is 7.52. The lowest BCUT2D eigenvalue weighted by molar-refractivity contribution is 0.376. The molecule has 20 heavy (non-hydrogen) atoms. The van der Waals surface area contributed by atoms with Crippen LogP contribution in [0.25, 0.3) is 0 Å². The number of benzene rings is 1. The summed E-state index contributed by atoms with van der Waals surface area (Å²) in [7, 11) is 0. The van der Waals surface area contributed by atoms with Crippen molar-refractivity contribution >= 4 is 5.96 Å². The first kappa shape index (κ1) is 16.5. The molecule has 0 aliphatic heterocycles. The molecule has 3 nitrogen and oxygen atoms in total. The third kappa shape index (κ3) is 6.60. The fourth-order valence-corrected chi connectivity index (χ4v) is 2.09. The molecule has 0 aromatic heterocycles. The Morgan fingerprint density at radius 2 is 1.85 bits per heavy atom. The van der Waals surface area contributed by atoms with Crippen molar-refractivity contribution in [2.75, 3.05) is 13.1 Å². The van der Waals surface area contributed by atoms with Crippen molar-refractivity contribution in [3.05, 3.63) is 35.9 Å². The zero-order valence-electron chi connectivity index (χ0n) is 13.5. The van der Waals surface area contributed by atoms with Gasteiger partial charge in [-0.05, 0) is 38.2 Å². The highest BCUT2D eigenvalue weighted by atomic mass is 15.2. The van der Waals surface area contributed by atoms with Crippen LogP contribution in [0, 0.1) is 5.41 Å². The summed E-state index contributed by atoms with van der Waals surface area (Å²) >= 11 is 0. The summed E-state index contributed by atoms with van der Waals surface area (Å²) < 4.78 is 0. The van der Waals surface area contributed by atoms with Gasteiger partial charge in [-0.1, -0.05) is 44.2 Å². The summed E-state index contributed by atoms with van der Waals surface area (Å²) in [6.07, 6.45) is 1.04. The van der Waals surface area contributed by atoms with Crippen LogP contribution in [0.15, 0.2) is 35.3 Å². The first-order chi connectivity index (χ1) is 9.43. The SMILES string of the molecule is CCNC(=NCC(C)(C)Cc1ccccc1)NC(C)C. The maximum atomic E-state index is 4.72. The van der Waals surface area contributed by atoms with Gasteiger partial charge in [0.05, 0.1) is 0 Å². The Labute approximate surface area is 123 Å². The van der Waals surface area contributed by atoms with Gasteiger partial charge in [0.1, 0.15) is 0 Å². The van der Waals surface area contributed by atoms with Gasteiger partial charge in [-0.15, -0.1) is 0 Å². The number of nitrogens with zero attached hydrogens (tertiary/aromatic N) is 1. The van der Waals surface area contributed by atoms with Crippen LogP contribution in [0.4, 0.5) is 0 Å². The number of nitrogens with one attached hydrogen (secondary N) is 2. The Balaban J connectivity index is 2.63. The third-order valence-corrected chi connectivity index (χ3v) is 2.96. The monoisotopic (exact) mass is 275 g/mol. The molecular formula is C17H29N3. The lowest BCUT2D eigenvalue weighted by atomic mass is 9.86. The minimum absolute atomic E-state index is 0.153. The number of hydrogen-bond acceptors (Lipinski definition) is 1. The van der Waals surface area contributed by atoms with Gasteiger partial charge < -0.3 is 10.6 Å². The second-order valence-corrected chi connectivity index (χ2v) is 6.32. The van der Waals surface area contributed by atoms with E-state index in [2.05, 4.69) is 75.6 Å². The highest BCUT2D eigenvalue weighted by molar-refractivity contribution is 5.80. The third-order valence-electron chi connectivity index (χ3n) is 2.96. The van der Waals surface area contributed by atoms with Crippen LogP contribution in [0.5, 0.6) is 0 Å². The van der Waals surface area contributed by atoms with E-state index in [0.29, 0.717) is 6.04 Å². The van der Waals surface area contributed by atoms with E-state index >= 15 is 0 Å². The zero-order chi connectivity index (χ0) is 15.0. The van der Waals surface area contributed by atoms with Gasteiger partial charge in [0.15, 0.2) is 5.96 Å². The van der Waals surface area contributed by atoms with E-state index in [1.165, 1.54) is 5.56 Å². The second kappa shape index (κ2) is 7.93. The average molecular weight is 275 g/mol. The number of hydrogen-bond donors (Lipinski definition) is 2. The van der Waals surface area contributed by atoms with Crippen molar-refractivity contribution in [1.29, 1.82) is 0 Å². The highest BCUT2D eigenvalue weighted by Crippen LogP contribution is 2.22. The van der Waals surface area contributed by atoms with Gasteiger partial charge in [0.25, 0.3) is 0 Å². The lowest BCUT2D eigenvalue weighted by Gasteiger charge is -2.24. The summed E-state index contributed by atoms with van der Waals surface area (Å²) in [5.41, 5.74) is 1.52. The molecule has 1 aromatic carbocycles. The molecule has 0 aliphatic rings. The van der Waals surface area contributed by atoms with Crippen LogP contribution in [0.1, 0.15) is 40.2 Å². The number of guanidine groups is 1. The van der Waals surface area contributed by atoms with Gasteiger partial charge in [0, 0.05) is 19.1 Å². The largest absolute Gasteiger partial charge is 0.357 e. The van der Waals surface area contributed by atoms with Crippen molar-refractivity contribution in [2.24, 2.45) is 10.4 Å². The van der Waals surface area contributed by atoms with E-state index in [9.17, 15) is 0 Å². The topological polar surface area (TPSA) is 36.4 Å². The summed E-state index contributed by atoms with van der Waals surface area (Å²) in [6.45, 7) is 12.6. The Morgan fingerprint density at radius 3 is 2.40 bits per heavy atom. The number of aliphatic imine (C=N–C) groups is 1. The van der Waals surface area contributed by atoms with Crippen LogP contribution in [0.2, 0.25) is 0 Å². The van der Waals surface area contributed by atoms with E-state index in [1.54, 1.807) is 0 Å². The molecule has 0 aliphatic carbocycles. The molecule has 0 fully saturated rings. The molecule has 2 N–H and O–H groups in total. The molecular weight excluding hydrogens is 246 g/mol. The van der Waals surface area contributed by atoms with Gasteiger partial charge in [-0.2, -0.15) is 0 Å². The average Bonchev–Trinajstić information content (AvgIpc) is 2.36. The van der Waals surface area contributed by atoms with Gasteiger partial charge >= 0.3 is 0 Å². The van der Waals surface area contributed by atoms with Crippen molar-refractivity contribution < 1.29 is 0 Å². The Kier molecular flexibility index (Phi) is 6.56. The molecule has 0 spiro atoms. The molecule has 0 bridgehead atoms.